The van der Waals surface area contributed by atoms with Crippen molar-refractivity contribution >= 4 is 5.91 Å². The van der Waals surface area contributed by atoms with Gasteiger partial charge < -0.3 is 15.7 Å². The van der Waals surface area contributed by atoms with Gasteiger partial charge in [-0.2, -0.15) is 0 Å². The highest BCUT2D eigenvalue weighted by Gasteiger charge is 2.25. The zero-order valence-electron chi connectivity index (χ0n) is 9.62. The Morgan fingerprint density at radius 1 is 1.67 bits per heavy atom. The minimum Gasteiger partial charge on any atom is -0.394 e. The van der Waals surface area contributed by atoms with Crippen molar-refractivity contribution in [2.24, 2.45) is 5.92 Å². The first-order valence-corrected chi connectivity index (χ1v) is 5.82. The molecule has 1 saturated heterocycles. The molecule has 1 heterocycles. The number of hydrogen-bond donors (Lipinski definition) is 3. The van der Waals surface area contributed by atoms with Gasteiger partial charge in [0.25, 0.3) is 0 Å². The number of nitrogens with one attached hydrogen (secondary N) is 2. The lowest BCUT2D eigenvalue weighted by atomic mass is 9.94. The number of piperidine rings is 1. The fraction of sp³-hybridized carbons (Fsp3) is 0.909. The Morgan fingerprint density at radius 2 is 2.40 bits per heavy atom. The van der Waals surface area contributed by atoms with E-state index in [0.717, 1.165) is 25.8 Å². The van der Waals surface area contributed by atoms with E-state index >= 15 is 0 Å². The summed E-state index contributed by atoms with van der Waals surface area (Å²) in [5, 5.41) is 15.1. The highest BCUT2D eigenvalue weighted by Crippen LogP contribution is 2.15. The van der Waals surface area contributed by atoms with E-state index in [1.807, 2.05) is 6.92 Å². The monoisotopic (exact) mass is 214 g/mol. The van der Waals surface area contributed by atoms with Crippen molar-refractivity contribution in [2.45, 2.75) is 45.2 Å². The minimum absolute atomic E-state index is 0.0184. The summed E-state index contributed by atoms with van der Waals surface area (Å²) >= 11 is 0. The zero-order valence-corrected chi connectivity index (χ0v) is 9.62. The standard InChI is InChI=1S/C11H22N2O2/c1-3-9(7-14)13-11(15)10-6-8(2)4-5-12-10/h8-10,12,14H,3-7H2,1-2H3,(H,13,15)/t8?,9-,10?/m1/s1. The third-order valence-corrected chi connectivity index (χ3v) is 3.04. The Hall–Kier alpha value is -0.610. The van der Waals surface area contributed by atoms with Gasteiger partial charge in [-0.25, -0.2) is 0 Å². The molecule has 3 atom stereocenters. The molecule has 1 aliphatic rings. The highest BCUT2D eigenvalue weighted by atomic mass is 16.3. The van der Waals surface area contributed by atoms with Gasteiger partial charge >= 0.3 is 0 Å². The summed E-state index contributed by atoms with van der Waals surface area (Å²) in [6.45, 7) is 5.06. The summed E-state index contributed by atoms with van der Waals surface area (Å²) in [6, 6.07) is -0.175. The summed E-state index contributed by atoms with van der Waals surface area (Å²) in [5.74, 6) is 0.638. The predicted octanol–water partition coefficient (Wildman–Crippen LogP) is 0.262. The smallest absolute Gasteiger partial charge is 0.237 e. The quantitative estimate of drug-likeness (QED) is 0.629. The Kier molecular flexibility index (Phi) is 5.05. The van der Waals surface area contributed by atoms with Crippen molar-refractivity contribution in [1.29, 1.82) is 0 Å². The van der Waals surface area contributed by atoms with Gasteiger partial charge in [0, 0.05) is 0 Å². The first kappa shape index (κ1) is 12.5. The minimum atomic E-state index is -0.100. The van der Waals surface area contributed by atoms with Crippen LogP contribution in [0.4, 0.5) is 0 Å². The molecule has 0 aromatic heterocycles. The number of aliphatic hydroxyl groups excluding tert-OH is 1. The molecule has 2 unspecified atom stereocenters. The van der Waals surface area contributed by atoms with Gasteiger partial charge in [0.1, 0.15) is 0 Å². The molecule has 1 rings (SSSR count). The number of hydrogen-bond acceptors (Lipinski definition) is 3. The molecule has 0 spiro atoms. The van der Waals surface area contributed by atoms with Gasteiger partial charge in [-0.05, 0) is 31.7 Å². The first-order chi connectivity index (χ1) is 7.17. The molecule has 4 heteroatoms. The van der Waals surface area contributed by atoms with E-state index in [0.29, 0.717) is 5.92 Å². The predicted molar refractivity (Wildman–Crippen MR) is 59.5 cm³/mol. The van der Waals surface area contributed by atoms with Crippen LogP contribution in [-0.2, 0) is 4.79 Å². The average molecular weight is 214 g/mol. The molecule has 0 radical (unpaired) electrons. The lowest BCUT2D eigenvalue weighted by Crippen LogP contribution is -2.51. The van der Waals surface area contributed by atoms with Crippen LogP contribution in [0.2, 0.25) is 0 Å². The number of rotatable bonds is 4. The van der Waals surface area contributed by atoms with Crippen molar-refractivity contribution in [2.75, 3.05) is 13.2 Å². The molecule has 88 valence electrons. The van der Waals surface area contributed by atoms with Crippen molar-refractivity contribution in [3.8, 4) is 0 Å². The van der Waals surface area contributed by atoms with Crippen LogP contribution in [0.1, 0.15) is 33.1 Å². The van der Waals surface area contributed by atoms with Crippen LogP contribution < -0.4 is 10.6 Å². The van der Waals surface area contributed by atoms with Gasteiger partial charge in [-0.3, -0.25) is 4.79 Å². The fourth-order valence-corrected chi connectivity index (χ4v) is 1.89. The molecule has 0 bridgehead atoms. The lowest BCUT2D eigenvalue weighted by molar-refractivity contribution is -0.125. The maximum atomic E-state index is 11.8. The topological polar surface area (TPSA) is 61.4 Å². The van der Waals surface area contributed by atoms with Gasteiger partial charge in [0.2, 0.25) is 5.91 Å². The Morgan fingerprint density at radius 3 is 2.93 bits per heavy atom. The van der Waals surface area contributed by atoms with E-state index in [4.69, 9.17) is 5.11 Å². The van der Waals surface area contributed by atoms with Gasteiger partial charge in [-0.1, -0.05) is 13.8 Å². The van der Waals surface area contributed by atoms with E-state index in [1.165, 1.54) is 0 Å². The van der Waals surface area contributed by atoms with Crippen molar-refractivity contribution < 1.29 is 9.90 Å². The Bertz CT molecular complexity index is 205. The molecular weight excluding hydrogens is 192 g/mol. The van der Waals surface area contributed by atoms with Crippen LogP contribution in [0.3, 0.4) is 0 Å². The molecular formula is C11H22N2O2. The molecule has 1 amide bonds. The molecule has 1 aliphatic heterocycles. The molecule has 0 aliphatic carbocycles. The molecule has 0 aromatic carbocycles. The summed E-state index contributed by atoms with van der Waals surface area (Å²) in [4.78, 5) is 11.8. The van der Waals surface area contributed by atoms with Crippen molar-refractivity contribution in [3.63, 3.8) is 0 Å². The number of carbonyl (C=O) groups is 1. The molecule has 1 fully saturated rings. The largest absolute Gasteiger partial charge is 0.394 e. The van der Waals surface area contributed by atoms with Crippen LogP contribution >= 0.6 is 0 Å². The second-order valence-electron chi connectivity index (χ2n) is 4.43. The normalized spacial score (nSPS) is 28.5. The molecule has 0 aromatic rings. The highest BCUT2D eigenvalue weighted by molar-refractivity contribution is 5.82. The van der Waals surface area contributed by atoms with E-state index < -0.39 is 0 Å². The lowest BCUT2D eigenvalue weighted by Gasteiger charge is -2.28. The molecule has 0 saturated carbocycles. The van der Waals surface area contributed by atoms with E-state index in [1.54, 1.807) is 0 Å². The second-order valence-corrected chi connectivity index (χ2v) is 4.43. The van der Waals surface area contributed by atoms with Crippen molar-refractivity contribution in [3.05, 3.63) is 0 Å². The van der Waals surface area contributed by atoms with Gasteiger partial charge in [-0.15, -0.1) is 0 Å². The van der Waals surface area contributed by atoms with Crippen LogP contribution in [0.15, 0.2) is 0 Å². The zero-order chi connectivity index (χ0) is 11.3. The van der Waals surface area contributed by atoms with Crippen LogP contribution in [0.5, 0.6) is 0 Å². The van der Waals surface area contributed by atoms with E-state index in [9.17, 15) is 4.79 Å². The Balaban J connectivity index is 2.38. The summed E-state index contributed by atoms with van der Waals surface area (Å²) in [5.41, 5.74) is 0. The average Bonchev–Trinajstić information content (AvgIpc) is 2.25. The first-order valence-electron chi connectivity index (χ1n) is 5.82. The summed E-state index contributed by atoms with van der Waals surface area (Å²) in [6.07, 6.45) is 2.80. The third kappa shape index (κ3) is 3.80. The van der Waals surface area contributed by atoms with Gasteiger partial charge in [0.15, 0.2) is 0 Å². The molecule has 3 N–H and O–H groups in total. The Labute approximate surface area is 91.4 Å². The van der Waals surface area contributed by atoms with E-state index in [-0.39, 0.29) is 24.6 Å². The van der Waals surface area contributed by atoms with Crippen molar-refractivity contribution in [1.82, 2.24) is 10.6 Å². The van der Waals surface area contributed by atoms with E-state index in [2.05, 4.69) is 17.6 Å². The van der Waals surface area contributed by atoms with Crippen LogP contribution in [0.25, 0.3) is 0 Å². The maximum Gasteiger partial charge on any atom is 0.237 e. The second kappa shape index (κ2) is 6.08. The number of carbonyl (C=O) groups excluding carboxylic acids is 1. The summed E-state index contributed by atoms with van der Waals surface area (Å²) in [7, 11) is 0. The number of amides is 1. The fourth-order valence-electron chi connectivity index (χ4n) is 1.89. The van der Waals surface area contributed by atoms with Crippen LogP contribution in [0, 0.1) is 5.92 Å². The van der Waals surface area contributed by atoms with Crippen LogP contribution in [-0.4, -0.2) is 36.2 Å². The third-order valence-electron chi connectivity index (χ3n) is 3.04. The maximum absolute atomic E-state index is 11.8. The molecule has 4 nitrogen and oxygen atoms in total. The number of aliphatic hydroxyl groups is 1. The SMILES string of the molecule is CC[C@H](CO)NC(=O)C1CC(C)CCN1. The van der Waals surface area contributed by atoms with Gasteiger partial charge in [0.05, 0.1) is 18.7 Å². The summed E-state index contributed by atoms with van der Waals surface area (Å²) < 4.78 is 0. The molecule has 15 heavy (non-hydrogen) atoms.